The van der Waals surface area contributed by atoms with Gasteiger partial charge in [0.1, 0.15) is 0 Å². The van der Waals surface area contributed by atoms with Crippen LogP contribution in [0.2, 0.25) is 0 Å². The number of hydrogen-bond acceptors (Lipinski definition) is 3. The third-order valence-corrected chi connectivity index (χ3v) is 3.60. The van der Waals surface area contributed by atoms with Crippen LogP contribution >= 0.6 is 11.3 Å². The summed E-state index contributed by atoms with van der Waals surface area (Å²) in [5.74, 6) is -0.964. The molecule has 3 nitrogen and oxygen atoms in total. The highest BCUT2D eigenvalue weighted by atomic mass is 32.1. The molecular formula is C13H16O3S. The average Bonchev–Trinajstić information content (AvgIpc) is 2.53. The highest BCUT2D eigenvalue weighted by molar-refractivity contribution is 7.15. The molecule has 1 aromatic heterocycles. The summed E-state index contributed by atoms with van der Waals surface area (Å²) in [7, 11) is 0. The second-order valence-corrected chi connectivity index (χ2v) is 6.01. The first-order valence-electron chi connectivity index (χ1n) is 5.27. The number of aryl methyl sites for hydroxylation is 1. The van der Waals surface area contributed by atoms with E-state index < -0.39 is 5.97 Å². The lowest BCUT2D eigenvalue weighted by atomic mass is 9.85. The maximum absolute atomic E-state index is 10.8. The minimum absolute atomic E-state index is 0.268. The molecule has 4 heteroatoms. The van der Waals surface area contributed by atoms with Crippen LogP contribution in [0, 0.1) is 12.3 Å². The zero-order valence-electron chi connectivity index (χ0n) is 10.4. The summed E-state index contributed by atoms with van der Waals surface area (Å²) >= 11 is 1.34. The van der Waals surface area contributed by atoms with Gasteiger partial charge in [0.05, 0.1) is 4.88 Å². The number of aldehydes is 1. The van der Waals surface area contributed by atoms with Crippen LogP contribution in [0.5, 0.6) is 0 Å². The zero-order chi connectivity index (χ0) is 13.2. The number of carbonyl (C=O) groups is 2. The maximum atomic E-state index is 10.8. The molecule has 0 aliphatic rings. The van der Waals surface area contributed by atoms with Gasteiger partial charge >= 0.3 is 5.97 Å². The Balaban J connectivity index is 3.33. The van der Waals surface area contributed by atoms with Gasteiger partial charge in [-0.15, -0.1) is 11.3 Å². The Labute approximate surface area is 105 Å². The van der Waals surface area contributed by atoms with Gasteiger partial charge in [-0.05, 0) is 29.5 Å². The molecule has 1 heterocycles. The molecule has 0 aromatic carbocycles. The van der Waals surface area contributed by atoms with Gasteiger partial charge in [0, 0.05) is 11.0 Å². The molecular weight excluding hydrogens is 236 g/mol. The molecule has 92 valence electrons. The van der Waals surface area contributed by atoms with E-state index in [9.17, 15) is 9.59 Å². The zero-order valence-corrected chi connectivity index (χ0v) is 11.2. The molecule has 0 fully saturated rings. The summed E-state index contributed by atoms with van der Waals surface area (Å²) in [6, 6.07) is 1.87. The van der Waals surface area contributed by atoms with E-state index in [0.29, 0.717) is 4.88 Å². The maximum Gasteiger partial charge on any atom is 0.328 e. The van der Waals surface area contributed by atoms with E-state index in [1.165, 1.54) is 17.4 Å². The van der Waals surface area contributed by atoms with Crippen LogP contribution in [0.4, 0.5) is 0 Å². The van der Waals surface area contributed by atoms with E-state index in [1.807, 2.05) is 33.8 Å². The molecule has 0 aliphatic carbocycles. The average molecular weight is 252 g/mol. The van der Waals surface area contributed by atoms with E-state index >= 15 is 0 Å². The predicted molar refractivity (Wildman–Crippen MR) is 69.5 cm³/mol. The first-order valence-corrected chi connectivity index (χ1v) is 6.08. The van der Waals surface area contributed by atoms with Gasteiger partial charge in [0.15, 0.2) is 6.29 Å². The van der Waals surface area contributed by atoms with Crippen molar-refractivity contribution in [2.24, 2.45) is 5.41 Å². The molecule has 0 atom stereocenters. The number of carboxylic acids is 1. The molecule has 0 unspecified atom stereocenters. The lowest BCUT2D eigenvalue weighted by Gasteiger charge is -2.21. The van der Waals surface area contributed by atoms with Gasteiger partial charge in [-0.1, -0.05) is 20.8 Å². The SMILES string of the molecule is Cc1cc(/C(=C/C(=O)O)C(C)(C)C)sc1C=O. The van der Waals surface area contributed by atoms with Crippen LogP contribution in [-0.4, -0.2) is 17.4 Å². The summed E-state index contributed by atoms with van der Waals surface area (Å²) in [5, 5.41) is 8.90. The smallest absolute Gasteiger partial charge is 0.328 e. The largest absolute Gasteiger partial charge is 0.478 e. The first-order chi connectivity index (χ1) is 7.75. The fraction of sp³-hybridized carbons (Fsp3) is 0.385. The number of rotatable bonds is 3. The van der Waals surface area contributed by atoms with Crippen LogP contribution in [0.3, 0.4) is 0 Å². The molecule has 1 N–H and O–H groups in total. The molecule has 0 aliphatic heterocycles. The highest BCUT2D eigenvalue weighted by Crippen LogP contribution is 2.38. The standard InChI is InChI=1S/C13H16O3S/c1-8-5-10(17-11(8)7-14)9(6-12(15)16)13(2,3)4/h5-7H,1-4H3,(H,15,16)/b9-6-. The van der Waals surface area contributed by atoms with Crippen molar-refractivity contribution in [1.82, 2.24) is 0 Å². The Morgan fingerprint density at radius 2 is 2.00 bits per heavy atom. The van der Waals surface area contributed by atoms with Gasteiger partial charge in [0.2, 0.25) is 0 Å². The Morgan fingerprint density at radius 3 is 2.35 bits per heavy atom. The molecule has 0 radical (unpaired) electrons. The second kappa shape index (κ2) is 4.84. The van der Waals surface area contributed by atoms with E-state index in [-0.39, 0.29) is 5.41 Å². The van der Waals surface area contributed by atoms with Crippen molar-refractivity contribution in [3.63, 3.8) is 0 Å². The second-order valence-electron chi connectivity index (χ2n) is 4.92. The highest BCUT2D eigenvalue weighted by Gasteiger charge is 2.22. The summed E-state index contributed by atoms with van der Waals surface area (Å²) in [5.41, 5.74) is 1.36. The van der Waals surface area contributed by atoms with Gasteiger partial charge < -0.3 is 5.11 Å². The van der Waals surface area contributed by atoms with E-state index in [2.05, 4.69) is 0 Å². The summed E-state index contributed by atoms with van der Waals surface area (Å²) in [6.45, 7) is 7.72. The lowest BCUT2D eigenvalue weighted by molar-refractivity contribution is -0.131. The summed E-state index contributed by atoms with van der Waals surface area (Å²) < 4.78 is 0. The molecule has 0 saturated carbocycles. The fourth-order valence-electron chi connectivity index (χ4n) is 1.53. The van der Waals surface area contributed by atoms with E-state index in [4.69, 9.17) is 5.11 Å². The van der Waals surface area contributed by atoms with Gasteiger partial charge in [0.25, 0.3) is 0 Å². The van der Waals surface area contributed by atoms with Crippen molar-refractivity contribution in [3.05, 3.63) is 27.5 Å². The minimum atomic E-state index is -0.964. The Kier molecular flexibility index (Phi) is 3.88. The molecule has 0 amide bonds. The van der Waals surface area contributed by atoms with Crippen molar-refractivity contribution in [2.75, 3.05) is 0 Å². The summed E-state index contributed by atoms with van der Waals surface area (Å²) in [4.78, 5) is 23.2. The van der Waals surface area contributed by atoms with Crippen LogP contribution in [0.15, 0.2) is 12.1 Å². The number of hydrogen-bond donors (Lipinski definition) is 1. The number of thiophene rings is 1. The monoisotopic (exact) mass is 252 g/mol. The topological polar surface area (TPSA) is 54.4 Å². The number of aliphatic carboxylic acids is 1. The third kappa shape index (κ3) is 3.27. The predicted octanol–water partition coefficient (Wildman–Crippen LogP) is 3.38. The van der Waals surface area contributed by atoms with Gasteiger partial charge in [-0.2, -0.15) is 0 Å². The number of allylic oxidation sites excluding steroid dienone is 1. The van der Waals surface area contributed by atoms with E-state index in [0.717, 1.165) is 22.3 Å². The van der Waals surface area contributed by atoms with Crippen molar-refractivity contribution >= 4 is 29.2 Å². The van der Waals surface area contributed by atoms with E-state index in [1.54, 1.807) is 0 Å². The molecule has 1 rings (SSSR count). The Bertz CT molecular complexity index is 475. The van der Waals surface area contributed by atoms with Crippen molar-refractivity contribution < 1.29 is 14.7 Å². The van der Waals surface area contributed by atoms with Crippen molar-refractivity contribution in [3.8, 4) is 0 Å². The van der Waals surface area contributed by atoms with Crippen LogP contribution in [0.1, 0.15) is 40.9 Å². The summed E-state index contributed by atoms with van der Waals surface area (Å²) in [6.07, 6.45) is 2.03. The Morgan fingerprint density at radius 1 is 1.41 bits per heavy atom. The van der Waals surface area contributed by atoms with Crippen molar-refractivity contribution in [2.45, 2.75) is 27.7 Å². The number of carbonyl (C=O) groups excluding carboxylic acids is 1. The molecule has 0 saturated heterocycles. The molecule has 0 spiro atoms. The third-order valence-electron chi connectivity index (χ3n) is 2.40. The first kappa shape index (κ1) is 13.6. The molecule has 1 aromatic rings. The Hall–Kier alpha value is -1.42. The number of carboxylic acid groups (broad SMARTS) is 1. The van der Waals surface area contributed by atoms with Crippen LogP contribution in [-0.2, 0) is 4.79 Å². The minimum Gasteiger partial charge on any atom is -0.478 e. The molecule has 0 bridgehead atoms. The fourth-order valence-corrected chi connectivity index (χ4v) is 2.74. The van der Waals surface area contributed by atoms with Crippen LogP contribution in [0.25, 0.3) is 5.57 Å². The quantitative estimate of drug-likeness (QED) is 0.662. The molecule has 17 heavy (non-hydrogen) atoms. The van der Waals surface area contributed by atoms with Crippen LogP contribution < -0.4 is 0 Å². The van der Waals surface area contributed by atoms with Gasteiger partial charge in [-0.25, -0.2) is 4.79 Å². The lowest BCUT2D eigenvalue weighted by Crippen LogP contribution is -2.09. The normalized spacial score (nSPS) is 12.6. The van der Waals surface area contributed by atoms with Gasteiger partial charge in [-0.3, -0.25) is 4.79 Å². The van der Waals surface area contributed by atoms with Crippen molar-refractivity contribution in [1.29, 1.82) is 0 Å².